The van der Waals surface area contributed by atoms with Crippen LogP contribution in [0.15, 0.2) is 36.4 Å². The minimum Gasteiger partial charge on any atom is -0.465 e. The van der Waals surface area contributed by atoms with Crippen molar-refractivity contribution in [3.63, 3.8) is 0 Å². The molecule has 5 rings (SSSR count). The lowest BCUT2D eigenvalue weighted by Crippen LogP contribution is -2.35. The van der Waals surface area contributed by atoms with Gasteiger partial charge in [-0.25, -0.2) is 9.78 Å². The number of unbranched alkanes of at least 4 members (excludes halogenated alkanes) is 1. The first-order valence-electron chi connectivity index (χ1n) is 14.7. The van der Waals surface area contributed by atoms with Gasteiger partial charge in [-0.2, -0.15) is 0 Å². The molecular formula is C31H43N3O4. The van der Waals surface area contributed by atoms with E-state index in [4.69, 9.17) is 19.2 Å². The SMILES string of the molecule is CCOC(=O)C(c1ccccc1C1CCCCO1)N1CCC(OCCCCc2ccc3c(n2)NCCC3)C1. The third-order valence-corrected chi connectivity index (χ3v) is 8.00. The van der Waals surface area contributed by atoms with Gasteiger partial charge in [0.05, 0.1) is 18.8 Å². The van der Waals surface area contributed by atoms with Gasteiger partial charge < -0.3 is 19.5 Å². The van der Waals surface area contributed by atoms with E-state index in [0.717, 1.165) is 107 Å². The van der Waals surface area contributed by atoms with Crippen LogP contribution >= 0.6 is 0 Å². The number of fused-ring (bicyclic) bond motifs is 1. The van der Waals surface area contributed by atoms with E-state index >= 15 is 0 Å². The number of likely N-dealkylation sites (tertiary alicyclic amines) is 1. The number of pyridine rings is 1. The minimum absolute atomic E-state index is 0.0481. The van der Waals surface area contributed by atoms with E-state index in [-0.39, 0.29) is 18.2 Å². The Kier molecular flexibility index (Phi) is 9.66. The van der Waals surface area contributed by atoms with E-state index in [1.165, 1.54) is 12.0 Å². The van der Waals surface area contributed by atoms with Crippen LogP contribution in [0.1, 0.15) is 86.4 Å². The summed E-state index contributed by atoms with van der Waals surface area (Å²) in [5, 5.41) is 3.42. The average Bonchev–Trinajstić information content (AvgIpc) is 3.42. The third-order valence-electron chi connectivity index (χ3n) is 8.00. The molecule has 3 aliphatic heterocycles. The molecule has 0 aliphatic carbocycles. The maximum atomic E-state index is 13.2. The molecule has 2 fully saturated rings. The van der Waals surface area contributed by atoms with Crippen LogP contribution in [0.4, 0.5) is 5.82 Å². The van der Waals surface area contributed by atoms with Gasteiger partial charge >= 0.3 is 5.97 Å². The lowest BCUT2D eigenvalue weighted by Gasteiger charge is -2.31. The molecule has 1 aromatic heterocycles. The summed E-state index contributed by atoms with van der Waals surface area (Å²) in [4.78, 5) is 20.3. The van der Waals surface area contributed by atoms with Gasteiger partial charge in [0.2, 0.25) is 0 Å². The Balaban J connectivity index is 1.14. The van der Waals surface area contributed by atoms with Gasteiger partial charge in [0.1, 0.15) is 11.9 Å². The number of nitrogens with one attached hydrogen (secondary N) is 1. The van der Waals surface area contributed by atoms with E-state index in [1.54, 1.807) is 0 Å². The smallest absolute Gasteiger partial charge is 0.328 e. The summed E-state index contributed by atoms with van der Waals surface area (Å²) in [5.74, 6) is 0.896. The van der Waals surface area contributed by atoms with Crippen LogP contribution in [0, 0.1) is 0 Å². The van der Waals surface area contributed by atoms with E-state index < -0.39 is 6.04 Å². The molecular weight excluding hydrogens is 478 g/mol. The van der Waals surface area contributed by atoms with E-state index in [1.807, 2.05) is 19.1 Å². The fraction of sp³-hybridized carbons (Fsp3) is 0.613. The number of aromatic nitrogens is 1. The standard InChI is InChI=1S/C31H43N3O4/c1-2-36-31(35)29(27-13-4-3-12-26(27)28-14-6-8-21-38-28)34-19-17-25(22-34)37-20-7-5-11-24-16-15-23-10-9-18-32-30(23)33-24/h3-4,12-13,15-16,25,28-29H,2,5-11,14,17-22H2,1H3,(H,32,33). The topological polar surface area (TPSA) is 72.9 Å². The number of benzene rings is 1. The Bertz CT molecular complexity index is 1060. The number of carbonyl (C=O) groups is 1. The van der Waals surface area contributed by atoms with E-state index in [0.29, 0.717) is 6.61 Å². The molecule has 0 saturated carbocycles. The zero-order valence-corrected chi connectivity index (χ0v) is 22.8. The molecule has 0 spiro atoms. The van der Waals surface area contributed by atoms with Crippen molar-refractivity contribution in [2.45, 2.75) is 83.0 Å². The number of carbonyl (C=O) groups excluding carboxylic acids is 1. The van der Waals surface area contributed by atoms with Gasteiger partial charge in [0.25, 0.3) is 0 Å². The fourth-order valence-corrected chi connectivity index (χ4v) is 6.02. The van der Waals surface area contributed by atoms with Gasteiger partial charge in [-0.1, -0.05) is 30.3 Å². The number of esters is 1. The average molecular weight is 522 g/mol. The Morgan fingerprint density at radius 1 is 1.16 bits per heavy atom. The molecule has 3 aliphatic rings. The van der Waals surface area contributed by atoms with Crippen molar-refractivity contribution in [3.05, 3.63) is 58.8 Å². The molecule has 206 valence electrons. The molecule has 3 unspecified atom stereocenters. The number of rotatable bonds is 11. The van der Waals surface area contributed by atoms with Crippen molar-refractivity contribution in [2.24, 2.45) is 0 Å². The summed E-state index contributed by atoms with van der Waals surface area (Å²) < 4.78 is 18.0. The van der Waals surface area contributed by atoms with Crippen LogP contribution in [0.3, 0.4) is 0 Å². The molecule has 7 heteroatoms. The molecule has 1 aromatic carbocycles. The summed E-state index contributed by atoms with van der Waals surface area (Å²) in [7, 11) is 0. The van der Waals surface area contributed by atoms with E-state index in [2.05, 4.69) is 34.5 Å². The van der Waals surface area contributed by atoms with Gasteiger partial charge in [0, 0.05) is 38.5 Å². The summed E-state index contributed by atoms with van der Waals surface area (Å²) >= 11 is 0. The first kappa shape index (κ1) is 27.1. The lowest BCUT2D eigenvalue weighted by atomic mass is 9.92. The van der Waals surface area contributed by atoms with Crippen molar-refractivity contribution in [1.82, 2.24) is 9.88 Å². The van der Waals surface area contributed by atoms with Gasteiger partial charge in [-0.05, 0) is 87.5 Å². The highest BCUT2D eigenvalue weighted by Gasteiger charge is 2.37. The second-order valence-corrected chi connectivity index (χ2v) is 10.7. The molecule has 38 heavy (non-hydrogen) atoms. The van der Waals surface area contributed by atoms with Crippen LogP contribution in [0.25, 0.3) is 0 Å². The summed E-state index contributed by atoms with van der Waals surface area (Å²) in [6.07, 6.45) is 9.71. The Labute approximate surface area is 227 Å². The van der Waals surface area contributed by atoms with Crippen molar-refractivity contribution in [2.75, 3.05) is 44.8 Å². The zero-order valence-electron chi connectivity index (χ0n) is 22.8. The number of anilines is 1. The number of nitrogens with zero attached hydrogens (tertiary/aromatic N) is 2. The molecule has 3 atom stereocenters. The van der Waals surface area contributed by atoms with Crippen molar-refractivity contribution < 1.29 is 19.0 Å². The Morgan fingerprint density at radius 2 is 2.08 bits per heavy atom. The summed E-state index contributed by atoms with van der Waals surface area (Å²) in [5.41, 5.74) is 4.64. The summed E-state index contributed by atoms with van der Waals surface area (Å²) in [6, 6.07) is 12.2. The fourth-order valence-electron chi connectivity index (χ4n) is 6.02. The first-order valence-corrected chi connectivity index (χ1v) is 14.7. The lowest BCUT2D eigenvalue weighted by molar-refractivity contribution is -0.149. The molecule has 0 radical (unpaired) electrons. The largest absolute Gasteiger partial charge is 0.465 e. The maximum absolute atomic E-state index is 13.2. The number of hydrogen-bond donors (Lipinski definition) is 1. The van der Waals surface area contributed by atoms with Gasteiger partial charge in [-0.3, -0.25) is 4.90 Å². The van der Waals surface area contributed by atoms with Crippen molar-refractivity contribution in [1.29, 1.82) is 0 Å². The first-order chi connectivity index (χ1) is 18.7. The summed E-state index contributed by atoms with van der Waals surface area (Å²) in [6.45, 7) is 6.34. The quantitative estimate of drug-likeness (QED) is 0.314. The van der Waals surface area contributed by atoms with Crippen LogP contribution in [0.5, 0.6) is 0 Å². The van der Waals surface area contributed by atoms with Crippen LogP contribution in [-0.2, 0) is 31.8 Å². The predicted molar refractivity (Wildman–Crippen MR) is 148 cm³/mol. The molecule has 7 nitrogen and oxygen atoms in total. The van der Waals surface area contributed by atoms with Crippen LogP contribution in [-0.4, -0.2) is 61.4 Å². The highest BCUT2D eigenvalue weighted by Crippen LogP contribution is 2.36. The Hall–Kier alpha value is -2.48. The molecule has 0 bridgehead atoms. The van der Waals surface area contributed by atoms with Gasteiger partial charge in [0.15, 0.2) is 0 Å². The van der Waals surface area contributed by atoms with Crippen LogP contribution < -0.4 is 5.32 Å². The highest BCUT2D eigenvalue weighted by atomic mass is 16.5. The molecule has 0 amide bonds. The molecule has 1 N–H and O–H groups in total. The predicted octanol–water partition coefficient (Wildman–Crippen LogP) is 5.40. The van der Waals surface area contributed by atoms with Crippen LogP contribution in [0.2, 0.25) is 0 Å². The number of aryl methyl sites for hydroxylation is 2. The monoisotopic (exact) mass is 521 g/mol. The number of hydrogen-bond acceptors (Lipinski definition) is 7. The second-order valence-electron chi connectivity index (χ2n) is 10.7. The molecule has 2 aromatic rings. The minimum atomic E-state index is -0.422. The maximum Gasteiger partial charge on any atom is 0.328 e. The molecule has 4 heterocycles. The Morgan fingerprint density at radius 3 is 2.95 bits per heavy atom. The third kappa shape index (κ3) is 6.74. The highest BCUT2D eigenvalue weighted by molar-refractivity contribution is 5.78. The van der Waals surface area contributed by atoms with Gasteiger partial charge in [-0.15, -0.1) is 0 Å². The molecule has 2 saturated heterocycles. The number of ether oxygens (including phenoxy) is 3. The van der Waals surface area contributed by atoms with E-state index in [9.17, 15) is 4.79 Å². The van der Waals surface area contributed by atoms with Crippen molar-refractivity contribution >= 4 is 11.8 Å². The second kappa shape index (κ2) is 13.5. The normalized spacial score (nSPS) is 22.4. The zero-order chi connectivity index (χ0) is 26.2. The van der Waals surface area contributed by atoms with Crippen molar-refractivity contribution in [3.8, 4) is 0 Å².